The second-order valence-electron chi connectivity index (χ2n) is 7.71. The lowest BCUT2D eigenvalue weighted by atomic mass is 9.97. The molecule has 3 aromatic carbocycles. The molecule has 3 heteroatoms. The van der Waals surface area contributed by atoms with E-state index < -0.39 is 0 Å². The maximum absolute atomic E-state index is 12.2. The van der Waals surface area contributed by atoms with Gasteiger partial charge in [-0.1, -0.05) is 72.3 Å². The first-order valence-corrected chi connectivity index (χ1v) is 10.0. The lowest BCUT2D eigenvalue weighted by Gasteiger charge is -2.17. The predicted molar refractivity (Wildman–Crippen MR) is 117 cm³/mol. The van der Waals surface area contributed by atoms with E-state index in [0.717, 1.165) is 22.1 Å². The van der Waals surface area contributed by atoms with E-state index in [1.165, 1.54) is 16.7 Å². The molecule has 4 rings (SSSR count). The number of fused-ring (bicyclic) bond motifs is 1. The van der Waals surface area contributed by atoms with Gasteiger partial charge in [0.1, 0.15) is 18.2 Å². The van der Waals surface area contributed by atoms with Crippen LogP contribution in [-0.2, 0) is 6.54 Å². The lowest BCUT2D eigenvalue weighted by molar-refractivity contribution is -0.702. The van der Waals surface area contributed by atoms with Gasteiger partial charge in [0.2, 0.25) is 0 Å². The molecular formula is C26H26NO2+. The first-order chi connectivity index (χ1) is 14.0. The van der Waals surface area contributed by atoms with E-state index in [-0.39, 0.29) is 11.7 Å². The van der Waals surface area contributed by atoms with Crippen molar-refractivity contribution in [3.05, 3.63) is 117 Å². The fourth-order valence-corrected chi connectivity index (χ4v) is 3.84. The molecule has 0 radical (unpaired) electrons. The number of benzene rings is 3. The number of quaternary nitrogens is 1. The Morgan fingerprint density at radius 3 is 2.28 bits per heavy atom. The molecule has 1 aromatic heterocycles. The summed E-state index contributed by atoms with van der Waals surface area (Å²) in [6.07, 6.45) is 0. The van der Waals surface area contributed by atoms with Crippen molar-refractivity contribution in [3.63, 3.8) is 0 Å². The van der Waals surface area contributed by atoms with Gasteiger partial charge in [0, 0.05) is 28.1 Å². The van der Waals surface area contributed by atoms with Crippen molar-refractivity contribution in [1.29, 1.82) is 0 Å². The molecule has 29 heavy (non-hydrogen) atoms. The Balaban J connectivity index is 1.72. The molecule has 1 heterocycles. The molecule has 0 amide bonds. The van der Waals surface area contributed by atoms with Crippen LogP contribution >= 0.6 is 0 Å². The average molecular weight is 384 g/mol. The van der Waals surface area contributed by atoms with E-state index in [4.69, 9.17) is 4.42 Å². The van der Waals surface area contributed by atoms with Crippen LogP contribution in [0.1, 0.15) is 39.4 Å². The molecule has 0 bridgehead atoms. The third kappa shape index (κ3) is 4.01. The zero-order valence-electron chi connectivity index (χ0n) is 17.1. The minimum atomic E-state index is -0.291. The summed E-state index contributed by atoms with van der Waals surface area (Å²) in [7, 11) is 0. The maximum Gasteiger partial charge on any atom is 0.336 e. The zero-order chi connectivity index (χ0) is 20.4. The number of rotatable bonds is 5. The fraction of sp³-hybridized carbons (Fsp3) is 0.192. The molecule has 0 fully saturated rings. The summed E-state index contributed by atoms with van der Waals surface area (Å²) in [4.78, 5) is 12.2. The highest BCUT2D eigenvalue weighted by Crippen LogP contribution is 2.24. The van der Waals surface area contributed by atoms with Gasteiger partial charge in [-0.05, 0) is 31.9 Å². The van der Waals surface area contributed by atoms with Crippen molar-refractivity contribution in [2.75, 3.05) is 0 Å². The Hall–Kier alpha value is -3.17. The topological polar surface area (TPSA) is 46.8 Å². The number of hydrogen-bond acceptors (Lipinski definition) is 2. The number of nitrogens with two attached hydrogens (primary N) is 1. The van der Waals surface area contributed by atoms with E-state index in [2.05, 4.69) is 72.9 Å². The molecule has 3 nitrogen and oxygen atoms in total. The van der Waals surface area contributed by atoms with Crippen molar-refractivity contribution < 1.29 is 9.73 Å². The minimum Gasteiger partial charge on any atom is -0.422 e. The van der Waals surface area contributed by atoms with Crippen LogP contribution in [0.5, 0.6) is 0 Å². The van der Waals surface area contributed by atoms with Gasteiger partial charge in [-0.25, -0.2) is 4.79 Å². The van der Waals surface area contributed by atoms with Gasteiger partial charge in [0.25, 0.3) is 0 Å². The monoisotopic (exact) mass is 384 g/mol. The third-order valence-corrected chi connectivity index (χ3v) is 5.69. The van der Waals surface area contributed by atoms with Gasteiger partial charge in [-0.3, -0.25) is 0 Å². The summed E-state index contributed by atoms with van der Waals surface area (Å²) in [5.74, 6) is 0. The van der Waals surface area contributed by atoms with E-state index in [1.807, 2.05) is 19.9 Å². The van der Waals surface area contributed by atoms with E-state index >= 15 is 0 Å². The third-order valence-electron chi connectivity index (χ3n) is 5.69. The molecule has 0 saturated carbocycles. The van der Waals surface area contributed by atoms with Crippen LogP contribution in [0.15, 0.2) is 82.0 Å². The fourth-order valence-electron chi connectivity index (χ4n) is 3.84. The summed E-state index contributed by atoms with van der Waals surface area (Å²) >= 11 is 0. The molecule has 0 spiro atoms. The molecular weight excluding hydrogens is 358 g/mol. The van der Waals surface area contributed by atoms with Crippen molar-refractivity contribution in [1.82, 2.24) is 0 Å². The normalized spacial score (nSPS) is 12.2. The van der Waals surface area contributed by atoms with Crippen LogP contribution in [0.25, 0.3) is 11.0 Å². The predicted octanol–water partition coefficient (Wildman–Crippen LogP) is 4.57. The van der Waals surface area contributed by atoms with Gasteiger partial charge >= 0.3 is 5.63 Å². The zero-order valence-corrected chi connectivity index (χ0v) is 17.1. The molecule has 1 atom stereocenters. The van der Waals surface area contributed by atoms with Crippen LogP contribution in [0.2, 0.25) is 0 Å². The maximum atomic E-state index is 12.2. The van der Waals surface area contributed by atoms with Crippen molar-refractivity contribution in [2.24, 2.45) is 0 Å². The summed E-state index contributed by atoms with van der Waals surface area (Å²) in [5, 5.41) is 3.31. The summed E-state index contributed by atoms with van der Waals surface area (Å²) in [6, 6.07) is 25.1. The van der Waals surface area contributed by atoms with Gasteiger partial charge < -0.3 is 9.73 Å². The number of aryl methyl sites for hydroxylation is 3. The van der Waals surface area contributed by atoms with Gasteiger partial charge in [0.15, 0.2) is 0 Å². The Morgan fingerprint density at radius 1 is 0.862 bits per heavy atom. The molecule has 146 valence electrons. The van der Waals surface area contributed by atoms with E-state index in [0.29, 0.717) is 12.1 Å². The molecule has 0 unspecified atom stereocenters. The lowest BCUT2D eigenvalue weighted by Crippen LogP contribution is -2.84. The Labute approximate surface area is 171 Å². The molecule has 0 saturated heterocycles. The standard InChI is InChI=1S/C26H25NO2/c1-17-9-12-21(13-10-17)25(20-7-5-4-6-8-20)27-16-22-15-24(28)29-26-19(3)18(2)11-14-23(22)26/h4-15,25,27H,16H2,1-3H3/p+1/t25-/m1/s1. The highest BCUT2D eigenvalue weighted by atomic mass is 16.4. The van der Waals surface area contributed by atoms with Crippen LogP contribution in [-0.4, -0.2) is 0 Å². The highest BCUT2D eigenvalue weighted by molar-refractivity contribution is 5.83. The second kappa shape index (κ2) is 8.06. The first-order valence-electron chi connectivity index (χ1n) is 10.0. The Kier molecular flexibility index (Phi) is 5.32. The Morgan fingerprint density at radius 2 is 1.55 bits per heavy atom. The van der Waals surface area contributed by atoms with Gasteiger partial charge in [-0.2, -0.15) is 0 Å². The Bertz CT molecular complexity index is 1190. The summed E-state index contributed by atoms with van der Waals surface area (Å²) in [6.45, 7) is 6.84. The number of hydrogen-bond donors (Lipinski definition) is 1. The van der Waals surface area contributed by atoms with Crippen LogP contribution in [0.3, 0.4) is 0 Å². The quantitative estimate of drug-likeness (QED) is 0.512. The van der Waals surface area contributed by atoms with E-state index in [9.17, 15) is 4.79 Å². The van der Waals surface area contributed by atoms with Gasteiger partial charge in [0.05, 0.1) is 0 Å². The molecule has 0 aliphatic heterocycles. The minimum absolute atomic E-state index is 0.158. The largest absolute Gasteiger partial charge is 0.422 e. The average Bonchev–Trinajstić information content (AvgIpc) is 2.73. The van der Waals surface area contributed by atoms with Crippen LogP contribution in [0.4, 0.5) is 0 Å². The smallest absolute Gasteiger partial charge is 0.336 e. The molecule has 0 aliphatic rings. The molecule has 2 N–H and O–H groups in total. The highest BCUT2D eigenvalue weighted by Gasteiger charge is 2.19. The SMILES string of the molecule is Cc1ccc([C@H]([NH2+]Cc2cc(=O)oc3c(C)c(C)ccc23)c2ccccc2)cc1. The van der Waals surface area contributed by atoms with E-state index in [1.54, 1.807) is 6.07 Å². The van der Waals surface area contributed by atoms with Crippen molar-refractivity contribution in [3.8, 4) is 0 Å². The van der Waals surface area contributed by atoms with Gasteiger partial charge in [-0.15, -0.1) is 0 Å². The molecule has 0 aliphatic carbocycles. The summed E-state index contributed by atoms with van der Waals surface area (Å²) in [5.41, 5.74) is 7.32. The van der Waals surface area contributed by atoms with Crippen molar-refractivity contribution >= 4 is 11.0 Å². The summed E-state index contributed by atoms with van der Waals surface area (Å²) < 4.78 is 5.53. The van der Waals surface area contributed by atoms with Crippen LogP contribution in [0, 0.1) is 20.8 Å². The first kappa shape index (κ1) is 19.2. The molecule has 4 aromatic rings. The van der Waals surface area contributed by atoms with Crippen LogP contribution < -0.4 is 10.9 Å². The second-order valence-corrected chi connectivity index (χ2v) is 7.71. The van der Waals surface area contributed by atoms with Crippen molar-refractivity contribution in [2.45, 2.75) is 33.4 Å².